The maximum Gasteiger partial charge on any atom is 0.250 e. The predicted molar refractivity (Wildman–Crippen MR) is 130 cm³/mol. The first kappa shape index (κ1) is 20.2. The van der Waals surface area contributed by atoms with E-state index >= 15 is 0 Å². The number of likely N-dealkylation sites (tertiary alicyclic amines) is 1. The first-order chi connectivity index (χ1) is 16.1. The van der Waals surface area contributed by atoms with E-state index in [1.54, 1.807) is 6.07 Å². The molecule has 2 heterocycles. The van der Waals surface area contributed by atoms with E-state index in [1.165, 1.54) is 36.9 Å². The van der Waals surface area contributed by atoms with Crippen molar-refractivity contribution in [2.75, 3.05) is 13.1 Å². The highest BCUT2D eigenvalue weighted by Gasteiger charge is 2.50. The fourth-order valence-electron chi connectivity index (χ4n) is 6.15. The highest BCUT2D eigenvalue weighted by Crippen LogP contribution is 2.50. The molecule has 2 aliphatic rings. The van der Waals surface area contributed by atoms with Gasteiger partial charge in [-0.25, -0.2) is 4.68 Å². The molecule has 1 aliphatic heterocycles. The summed E-state index contributed by atoms with van der Waals surface area (Å²) in [4.78, 5) is 14.4. The fourth-order valence-corrected chi connectivity index (χ4v) is 6.15. The minimum atomic E-state index is -0.450. The Labute approximate surface area is 193 Å². The lowest BCUT2D eigenvalue weighted by atomic mass is 9.74. The van der Waals surface area contributed by atoms with Crippen LogP contribution in [-0.2, 0) is 12.0 Å². The van der Waals surface area contributed by atoms with Crippen LogP contribution in [0, 0.1) is 5.92 Å². The molecule has 0 radical (unpaired) electrons. The Hall–Kier alpha value is -3.44. The molecule has 0 bridgehead atoms. The zero-order valence-corrected chi connectivity index (χ0v) is 18.7. The van der Waals surface area contributed by atoms with Crippen molar-refractivity contribution in [3.05, 3.63) is 95.7 Å². The molecule has 2 fully saturated rings. The lowest BCUT2D eigenvalue weighted by Gasteiger charge is -2.30. The number of fused-ring (bicyclic) bond motifs is 2. The molecule has 2 unspecified atom stereocenters. The molecule has 1 saturated heterocycles. The van der Waals surface area contributed by atoms with E-state index in [4.69, 9.17) is 5.73 Å². The topological polar surface area (TPSA) is 64.2 Å². The van der Waals surface area contributed by atoms with Gasteiger partial charge in [0, 0.05) is 36.6 Å². The molecule has 1 aliphatic carbocycles. The van der Waals surface area contributed by atoms with Crippen molar-refractivity contribution in [2.45, 2.75) is 31.2 Å². The van der Waals surface area contributed by atoms with Crippen LogP contribution in [-0.4, -0.2) is 33.7 Å². The van der Waals surface area contributed by atoms with Gasteiger partial charge in [-0.05, 0) is 48.1 Å². The molecule has 3 aromatic carbocycles. The third-order valence-electron chi connectivity index (χ3n) is 7.70. The monoisotopic (exact) mass is 436 g/mol. The molecule has 1 saturated carbocycles. The number of nitrogens with zero attached hydrogens (tertiary/aromatic N) is 3. The molecule has 0 spiro atoms. The minimum absolute atomic E-state index is 0.251. The van der Waals surface area contributed by atoms with E-state index in [0.29, 0.717) is 11.1 Å². The van der Waals surface area contributed by atoms with Crippen LogP contribution >= 0.6 is 0 Å². The van der Waals surface area contributed by atoms with Gasteiger partial charge >= 0.3 is 0 Å². The van der Waals surface area contributed by atoms with Crippen molar-refractivity contribution in [3.8, 4) is 5.69 Å². The van der Waals surface area contributed by atoms with Crippen molar-refractivity contribution >= 4 is 16.8 Å². The van der Waals surface area contributed by atoms with Crippen molar-refractivity contribution < 1.29 is 4.79 Å². The largest absolute Gasteiger partial charge is 0.366 e. The Bertz CT molecular complexity index is 1310. The van der Waals surface area contributed by atoms with Crippen LogP contribution in [0.15, 0.2) is 79.0 Å². The highest BCUT2D eigenvalue weighted by molar-refractivity contribution is 6.04. The van der Waals surface area contributed by atoms with Crippen LogP contribution in [0.4, 0.5) is 0 Å². The number of carbonyl (C=O) groups excluding carboxylic acids is 1. The number of rotatable bonds is 5. The smallest absolute Gasteiger partial charge is 0.250 e. The van der Waals surface area contributed by atoms with Gasteiger partial charge in [-0.1, -0.05) is 61.0 Å². The second-order valence-electron chi connectivity index (χ2n) is 9.63. The molecule has 2 atom stereocenters. The summed E-state index contributed by atoms with van der Waals surface area (Å²) in [6, 6.07) is 25.2. The summed E-state index contributed by atoms with van der Waals surface area (Å²) < 4.78 is 1.85. The van der Waals surface area contributed by atoms with Gasteiger partial charge in [-0.2, -0.15) is 5.10 Å². The standard InChI is InChI=1S/C28H28N4O/c29-27(33)25-10-4-8-21-17-32(30-26(21)25)24-13-11-22(12-14-24)28-15-5-9-23(28)18-31(19-28)16-20-6-2-1-3-7-20/h1-4,6-8,10-14,17,23H,5,9,15-16,18-19H2,(H2,29,33). The zero-order valence-electron chi connectivity index (χ0n) is 18.7. The number of carbonyl (C=O) groups is 1. The second kappa shape index (κ2) is 7.85. The molecule has 166 valence electrons. The summed E-state index contributed by atoms with van der Waals surface area (Å²) in [7, 11) is 0. The Morgan fingerprint density at radius 1 is 1.03 bits per heavy atom. The Kier molecular flexibility index (Phi) is 4.80. The summed E-state index contributed by atoms with van der Waals surface area (Å²) >= 11 is 0. The summed E-state index contributed by atoms with van der Waals surface area (Å²) in [5.41, 5.74) is 10.7. The molecule has 4 aromatic rings. The minimum Gasteiger partial charge on any atom is -0.366 e. The number of primary amides is 1. The lowest BCUT2D eigenvalue weighted by Crippen LogP contribution is -2.31. The Morgan fingerprint density at radius 3 is 2.64 bits per heavy atom. The molecule has 5 nitrogen and oxygen atoms in total. The number of nitrogens with two attached hydrogens (primary N) is 1. The van der Waals surface area contributed by atoms with Gasteiger partial charge in [0.25, 0.3) is 5.91 Å². The Balaban J connectivity index is 1.28. The van der Waals surface area contributed by atoms with Crippen LogP contribution in [0.1, 0.15) is 40.7 Å². The van der Waals surface area contributed by atoms with E-state index in [1.807, 2.05) is 23.0 Å². The number of hydrogen-bond donors (Lipinski definition) is 1. The van der Waals surface area contributed by atoms with Crippen LogP contribution in [0.3, 0.4) is 0 Å². The quantitative estimate of drug-likeness (QED) is 0.494. The van der Waals surface area contributed by atoms with E-state index in [2.05, 4.69) is 64.6 Å². The molecule has 1 amide bonds. The van der Waals surface area contributed by atoms with E-state index in [9.17, 15) is 4.79 Å². The van der Waals surface area contributed by atoms with Gasteiger partial charge < -0.3 is 5.73 Å². The summed E-state index contributed by atoms with van der Waals surface area (Å²) in [6.07, 6.45) is 5.85. The van der Waals surface area contributed by atoms with Gasteiger partial charge in [0.2, 0.25) is 0 Å². The van der Waals surface area contributed by atoms with Gasteiger partial charge in [0.15, 0.2) is 0 Å². The maximum absolute atomic E-state index is 11.8. The van der Waals surface area contributed by atoms with Gasteiger partial charge in [0.1, 0.15) is 5.52 Å². The highest BCUT2D eigenvalue weighted by atomic mass is 16.1. The zero-order chi connectivity index (χ0) is 22.4. The number of aromatic nitrogens is 2. The first-order valence-electron chi connectivity index (χ1n) is 11.8. The van der Waals surface area contributed by atoms with Gasteiger partial charge in [0.05, 0.1) is 11.3 Å². The van der Waals surface area contributed by atoms with Crippen LogP contribution in [0.25, 0.3) is 16.6 Å². The van der Waals surface area contributed by atoms with Crippen LogP contribution in [0.2, 0.25) is 0 Å². The van der Waals surface area contributed by atoms with Crippen molar-refractivity contribution in [3.63, 3.8) is 0 Å². The average molecular weight is 437 g/mol. The summed E-state index contributed by atoms with van der Waals surface area (Å²) in [5, 5.41) is 5.58. The van der Waals surface area contributed by atoms with Gasteiger partial charge in [-0.3, -0.25) is 9.69 Å². The summed E-state index contributed by atoms with van der Waals surface area (Å²) in [6.45, 7) is 3.33. The second-order valence-corrected chi connectivity index (χ2v) is 9.63. The number of benzene rings is 3. The molecule has 5 heteroatoms. The number of hydrogen-bond acceptors (Lipinski definition) is 3. The molecular formula is C28H28N4O. The average Bonchev–Trinajstić information content (AvgIpc) is 3.52. The first-order valence-corrected chi connectivity index (χ1v) is 11.8. The normalized spacial score (nSPS) is 22.6. The molecule has 6 rings (SSSR count). The van der Waals surface area contributed by atoms with E-state index < -0.39 is 5.91 Å². The predicted octanol–water partition coefficient (Wildman–Crippen LogP) is 4.68. The van der Waals surface area contributed by atoms with Crippen LogP contribution < -0.4 is 5.73 Å². The third kappa shape index (κ3) is 3.44. The van der Waals surface area contributed by atoms with Crippen molar-refractivity contribution in [1.82, 2.24) is 14.7 Å². The van der Waals surface area contributed by atoms with Crippen molar-refractivity contribution in [1.29, 1.82) is 0 Å². The Morgan fingerprint density at radius 2 is 1.85 bits per heavy atom. The third-order valence-corrected chi connectivity index (χ3v) is 7.70. The summed E-state index contributed by atoms with van der Waals surface area (Å²) in [5.74, 6) is 0.270. The molecule has 1 aromatic heterocycles. The van der Waals surface area contributed by atoms with E-state index in [-0.39, 0.29) is 5.41 Å². The lowest BCUT2D eigenvalue weighted by molar-refractivity contribution is 0.100. The van der Waals surface area contributed by atoms with Gasteiger partial charge in [-0.15, -0.1) is 0 Å². The fraction of sp³-hybridized carbons (Fsp3) is 0.286. The SMILES string of the molecule is NC(=O)c1cccc2cn(-c3ccc(C45CCCC4CN(Cc4ccccc4)C5)cc3)nc12. The molecule has 33 heavy (non-hydrogen) atoms. The molecule has 2 N–H and O–H groups in total. The molecular weight excluding hydrogens is 408 g/mol. The van der Waals surface area contributed by atoms with Crippen LogP contribution in [0.5, 0.6) is 0 Å². The van der Waals surface area contributed by atoms with Crippen molar-refractivity contribution in [2.24, 2.45) is 11.7 Å². The number of amides is 1. The maximum atomic E-state index is 11.8. The van der Waals surface area contributed by atoms with E-state index in [0.717, 1.165) is 30.1 Å².